The van der Waals surface area contributed by atoms with E-state index in [0.29, 0.717) is 11.8 Å². The number of nitrogens with two attached hydrogens (primary N) is 1. The van der Waals surface area contributed by atoms with Crippen LogP contribution in [-0.4, -0.2) is 18.1 Å². The maximum absolute atomic E-state index is 12.7. The van der Waals surface area contributed by atoms with Crippen LogP contribution < -0.4 is 11.1 Å². The van der Waals surface area contributed by atoms with Crippen LogP contribution in [0.15, 0.2) is 24.3 Å². The zero-order chi connectivity index (χ0) is 17.3. The minimum atomic E-state index is -4.30. The highest BCUT2D eigenvalue weighted by Gasteiger charge is 2.40. The molecule has 24 heavy (non-hydrogen) atoms. The highest BCUT2D eigenvalue weighted by atomic mass is 19.4. The topological polar surface area (TPSA) is 55.1 Å². The summed E-state index contributed by atoms with van der Waals surface area (Å²) in [5.74, 6) is 0.393. The van der Waals surface area contributed by atoms with Gasteiger partial charge in [-0.15, -0.1) is 0 Å². The molecule has 1 aromatic rings. The van der Waals surface area contributed by atoms with E-state index in [0.717, 1.165) is 32.1 Å². The highest BCUT2D eigenvalue weighted by molar-refractivity contribution is 5.93. The number of hydrogen-bond acceptors (Lipinski definition) is 2. The predicted octanol–water partition coefficient (Wildman–Crippen LogP) is 3.88. The molecule has 0 saturated heterocycles. The number of para-hydroxylation sites is 1. The van der Waals surface area contributed by atoms with E-state index >= 15 is 0 Å². The van der Waals surface area contributed by atoms with E-state index in [1.54, 1.807) is 12.1 Å². The summed E-state index contributed by atoms with van der Waals surface area (Å²) in [6.07, 6.45) is -0.598. The lowest BCUT2D eigenvalue weighted by molar-refractivity contribution is -0.127. The molecule has 132 valence electrons. The van der Waals surface area contributed by atoms with Crippen molar-refractivity contribution in [1.82, 2.24) is 0 Å². The molecule has 2 unspecified atom stereocenters. The Bertz CT molecular complexity index is 588. The monoisotopic (exact) mass is 340 g/mol. The first kappa shape index (κ1) is 17.3. The number of carbonyl (C=O) groups excluding carboxylic acids is 1. The van der Waals surface area contributed by atoms with Crippen molar-refractivity contribution in [3.05, 3.63) is 29.8 Å². The Labute approximate surface area is 139 Å². The van der Waals surface area contributed by atoms with Crippen molar-refractivity contribution in [2.24, 2.45) is 23.5 Å². The number of fused-ring (bicyclic) bond motifs is 2. The predicted molar refractivity (Wildman–Crippen MR) is 86.4 cm³/mol. The van der Waals surface area contributed by atoms with Gasteiger partial charge in [0.2, 0.25) is 5.91 Å². The number of nitrogens with one attached hydrogen (secondary N) is 1. The van der Waals surface area contributed by atoms with Crippen LogP contribution >= 0.6 is 0 Å². The average Bonchev–Trinajstić information content (AvgIpc) is 2.47. The van der Waals surface area contributed by atoms with Gasteiger partial charge in [0.25, 0.3) is 0 Å². The normalized spacial score (nSPS) is 30.0. The van der Waals surface area contributed by atoms with Gasteiger partial charge in [-0.05, 0) is 49.1 Å². The van der Waals surface area contributed by atoms with Gasteiger partial charge in [0.15, 0.2) is 0 Å². The van der Waals surface area contributed by atoms with Crippen LogP contribution in [0.2, 0.25) is 0 Å². The molecular formula is C18H23F3N2O. The quantitative estimate of drug-likeness (QED) is 0.877. The van der Waals surface area contributed by atoms with Gasteiger partial charge >= 0.3 is 6.18 Å². The molecule has 0 radical (unpaired) electrons. The minimum Gasteiger partial charge on any atom is -0.327 e. The molecule has 2 atom stereocenters. The summed E-state index contributed by atoms with van der Waals surface area (Å²) < 4.78 is 38.1. The number of carbonyl (C=O) groups is 1. The van der Waals surface area contributed by atoms with Crippen molar-refractivity contribution in [2.45, 2.75) is 50.7 Å². The van der Waals surface area contributed by atoms with Gasteiger partial charge in [-0.1, -0.05) is 24.6 Å². The van der Waals surface area contributed by atoms with E-state index in [4.69, 9.17) is 5.73 Å². The molecule has 2 aliphatic rings. The summed E-state index contributed by atoms with van der Waals surface area (Å²) in [7, 11) is 0. The molecule has 3 rings (SSSR count). The van der Waals surface area contributed by atoms with Crippen molar-refractivity contribution < 1.29 is 18.0 Å². The number of anilines is 1. The van der Waals surface area contributed by atoms with Gasteiger partial charge in [-0.2, -0.15) is 13.2 Å². The molecule has 0 aromatic heterocycles. The molecular weight excluding hydrogens is 317 g/mol. The molecule has 1 amide bonds. The second kappa shape index (κ2) is 6.75. The van der Waals surface area contributed by atoms with Crippen molar-refractivity contribution in [3.63, 3.8) is 0 Å². The lowest BCUT2D eigenvalue weighted by Crippen LogP contribution is -2.48. The Morgan fingerprint density at radius 1 is 1.17 bits per heavy atom. The molecule has 1 aromatic carbocycles. The van der Waals surface area contributed by atoms with E-state index in [2.05, 4.69) is 5.32 Å². The second-order valence-corrected chi connectivity index (χ2v) is 7.14. The van der Waals surface area contributed by atoms with E-state index in [-0.39, 0.29) is 29.1 Å². The zero-order valence-corrected chi connectivity index (χ0v) is 13.5. The van der Waals surface area contributed by atoms with Crippen LogP contribution in [0.25, 0.3) is 0 Å². The van der Waals surface area contributed by atoms with Gasteiger partial charge in [0.1, 0.15) is 0 Å². The Hall–Kier alpha value is -1.56. The summed E-state index contributed by atoms with van der Waals surface area (Å²) in [6.45, 7) is 0. The Morgan fingerprint density at radius 3 is 2.42 bits per heavy atom. The first-order chi connectivity index (χ1) is 11.3. The lowest BCUT2D eigenvalue weighted by atomic mass is 9.65. The summed E-state index contributed by atoms with van der Waals surface area (Å²) in [4.78, 5) is 12.6. The molecule has 3 N–H and O–H groups in total. The molecule has 0 aliphatic heterocycles. The summed E-state index contributed by atoms with van der Waals surface area (Å²) in [6, 6.07) is 6.31. The molecule has 2 fully saturated rings. The smallest absolute Gasteiger partial charge is 0.327 e. The van der Waals surface area contributed by atoms with Gasteiger partial charge in [0, 0.05) is 17.6 Å². The third-order valence-corrected chi connectivity index (χ3v) is 5.45. The standard InChI is InChI=1S/C18H23F3N2O/c19-18(20,21)10-13-4-1-2-7-15(13)23-17(24)14-8-11-5-3-6-12(9-14)16(11)22/h1-2,4,7,11-12,14,16H,3,5-6,8-10,22H2,(H,23,24). The van der Waals surface area contributed by atoms with E-state index in [1.165, 1.54) is 12.1 Å². The van der Waals surface area contributed by atoms with Crippen LogP contribution in [0.5, 0.6) is 0 Å². The van der Waals surface area contributed by atoms with E-state index in [9.17, 15) is 18.0 Å². The van der Waals surface area contributed by atoms with E-state index in [1.807, 2.05) is 0 Å². The molecule has 2 aliphatic carbocycles. The summed E-state index contributed by atoms with van der Waals surface area (Å²) in [5.41, 5.74) is 6.60. The van der Waals surface area contributed by atoms with Crippen LogP contribution in [0, 0.1) is 17.8 Å². The number of amides is 1. The second-order valence-electron chi connectivity index (χ2n) is 7.14. The summed E-state index contributed by atoms with van der Waals surface area (Å²) in [5, 5.41) is 2.73. The van der Waals surface area contributed by atoms with Gasteiger partial charge in [0.05, 0.1) is 6.42 Å². The molecule has 6 heteroatoms. The molecule has 2 bridgehead atoms. The van der Waals surface area contributed by atoms with Gasteiger partial charge in [-0.25, -0.2) is 0 Å². The first-order valence-electron chi connectivity index (χ1n) is 8.54. The van der Waals surface area contributed by atoms with Gasteiger partial charge < -0.3 is 11.1 Å². The maximum Gasteiger partial charge on any atom is 0.393 e. The number of alkyl halides is 3. The van der Waals surface area contributed by atoms with Crippen molar-refractivity contribution in [3.8, 4) is 0 Å². The first-order valence-corrected chi connectivity index (χ1v) is 8.54. The molecule has 0 heterocycles. The maximum atomic E-state index is 12.7. The van der Waals surface area contributed by atoms with Crippen molar-refractivity contribution >= 4 is 11.6 Å². The summed E-state index contributed by atoms with van der Waals surface area (Å²) >= 11 is 0. The SMILES string of the molecule is NC1C2CCCC1CC(C(=O)Nc1ccccc1CC(F)(F)F)C2. The van der Waals surface area contributed by atoms with Crippen LogP contribution in [0.1, 0.15) is 37.7 Å². The largest absolute Gasteiger partial charge is 0.393 e. The fraction of sp³-hybridized carbons (Fsp3) is 0.611. The van der Waals surface area contributed by atoms with Crippen LogP contribution in [0.3, 0.4) is 0 Å². The Morgan fingerprint density at radius 2 is 1.79 bits per heavy atom. The number of benzene rings is 1. The van der Waals surface area contributed by atoms with Crippen molar-refractivity contribution in [1.29, 1.82) is 0 Å². The molecule has 2 saturated carbocycles. The Balaban J connectivity index is 1.69. The molecule has 3 nitrogen and oxygen atoms in total. The highest BCUT2D eigenvalue weighted by Crippen LogP contribution is 2.42. The molecule has 0 spiro atoms. The Kier molecular flexibility index (Phi) is 4.85. The van der Waals surface area contributed by atoms with Crippen LogP contribution in [-0.2, 0) is 11.2 Å². The zero-order valence-electron chi connectivity index (χ0n) is 13.5. The number of rotatable bonds is 3. The number of hydrogen-bond donors (Lipinski definition) is 2. The van der Waals surface area contributed by atoms with Crippen LogP contribution in [0.4, 0.5) is 18.9 Å². The third-order valence-electron chi connectivity index (χ3n) is 5.45. The fourth-order valence-corrected chi connectivity index (χ4v) is 4.25. The average molecular weight is 340 g/mol. The lowest BCUT2D eigenvalue weighted by Gasteiger charge is -2.43. The minimum absolute atomic E-state index is 0.103. The third kappa shape index (κ3) is 3.91. The van der Waals surface area contributed by atoms with Gasteiger partial charge in [-0.3, -0.25) is 4.79 Å². The fourth-order valence-electron chi connectivity index (χ4n) is 4.25. The van der Waals surface area contributed by atoms with Crippen molar-refractivity contribution in [2.75, 3.05) is 5.32 Å². The van der Waals surface area contributed by atoms with E-state index < -0.39 is 12.6 Å². The number of halogens is 3.